The first-order chi connectivity index (χ1) is 40.0. The van der Waals surface area contributed by atoms with Crippen LogP contribution < -0.4 is 0 Å². The Bertz CT molecular complexity index is 1670. The molecule has 1 atom stereocenters. The van der Waals surface area contributed by atoms with Gasteiger partial charge in [0.15, 0.2) is 6.10 Å². The molecule has 1 unspecified atom stereocenters. The van der Waals surface area contributed by atoms with E-state index < -0.39 is 6.10 Å². The fourth-order valence-corrected chi connectivity index (χ4v) is 9.34. The number of hydrogen-bond acceptors (Lipinski definition) is 6. The van der Waals surface area contributed by atoms with E-state index in [1.165, 1.54) is 122 Å². The topological polar surface area (TPSA) is 78.9 Å². The summed E-state index contributed by atoms with van der Waals surface area (Å²) in [5.41, 5.74) is 0. The summed E-state index contributed by atoms with van der Waals surface area (Å²) in [4.78, 5) is 38.3. The molecule has 0 radical (unpaired) electrons. The van der Waals surface area contributed by atoms with Crippen molar-refractivity contribution in [2.24, 2.45) is 0 Å². The highest BCUT2D eigenvalue weighted by molar-refractivity contribution is 5.71. The number of ether oxygens (including phenoxy) is 3. The number of carbonyl (C=O) groups excluding carboxylic acids is 3. The Balaban J connectivity index is 4.16. The van der Waals surface area contributed by atoms with Crippen molar-refractivity contribution in [3.05, 3.63) is 122 Å². The fourth-order valence-electron chi connectivity index (χ4n) is 9.34. The smallest absolute Gasteiger partial charge is 0.306 e. The molecule has 6 nitrogen and oxygen atoms in total. The molecule has 0 aliphatic rings. The van der Waals surface area contributed by atoms with Gasteiger partial charge >= 0.3 is 17.9 Å². The molecule has 0 N–H and O–H groups in total. The van der Waals surface area contributed by atoms with Crippen LogP contribution in [-0.4, -0.2) is 37.2 Å². The van der Waals surface area contributed by atoms with Crippen LogP contribution in [0.2, 0.25) is 0 Å². The number of carbonyl (C=O) groups is 3. The second kappa shape index (κ2) is 68.3. The zero-order valence-electron chi connectivity index (χ0n) is 53.0. The van der Waals surface area contributed by atoms with Crippen LogP contribution in [0.25, 0.3) is 0 Å². The van der Waals surface area contributed by atoms with Gasteiger partial charge < -0.3 is 14.2 Å². The van der Waals surface area contributed by atoms with Gasteiger partial charge in [0.2, 0.25) is 0 Å². The predicted octanol–water partition coefficient (Wildman–Crippen LogP) is 23.6. The monoisotopic (exact) mass is 1120 g/mol. The highest BCUT2D eigenvalue weighted by Crippen LogP contribution is 2.16. The van der Waals surface area contributed by atoms with Crippen molar-refractivity contribution in [2.45, 2.75) is 322 Å². The minimum atomic E-state index is -0.792. The number of esters is 3. The van der Waals surface area contributed by atoms with E-state index in [1.54, 1.807) is 0 Å². The van der Waals surface area contributed by atoms with Crippen LogP contribution in [-0.2, 0) is 28.6 Å². The van der Waals surface area contributed by atoms with Gasteiger partial charge in [-0.15, -0.1) is 0 Å². The third kappa shape index (κ3) is 66.5. The minimum absolute atomic E-state index is 0.0875. The van der Waals surface area contributed by atoms with Gasteiger partial charge in [0, 0.05) is 19.3 Å². The predicted molar refractivity (Wildman–Crippen MR) is 353 cm³/mol. The highest BCUT2D eigenvalue weighted by atomic mass is 16.6. The van der Waals surface area contributed by atoms with Gasteiger partial charge in [0.1, 0.15) is 13.2 Å². The summed E-state index contributed by atoms with van der Waals surface area (Å²) in [6.45, 7) is 6.43. The summed E-state index contributed by atoms with van der Waals surface area (Å²) < 4.78 is 16.9. The molecule has 0 amide bonds. The lowest BCUT2D eigenvalue weighted by Gasteiger charge is -2.18. The van der Waals surface area contributed by atoms with Crippen molar-refractivity contribution in [3.63, 3.8) is 0 Å². The summed E-state index contributed by atoms with van der Waals surface area (Å²) in [6.07, 6.45) is 95.1. The SMILES string of the molecule is CC/C=C\C/C=C\C/C=C\C/C=C\C/C=C\C/C=C\CCCCCCCCCCCCCCCCCCC(=O)OCC(COC(=O)CCCCCCC/C=C\C/C=C\CCC)OC(=O)CCCCCCC/C=C\C/C=C\CCCCC. The van der Waals surface area contributed by atoms with Crippen molar-refractivity contribution >= 4 is 17.9 Å². The van der Waals surface area contributed by atoms with Crippen molar-refractivity contribution < 1.29 is 28.6 Å². The molecule has 0 aromatic carbocycles. The van der Waals surface area contributed by atoms with Crippen molar-refractivity contribution in [1.82, 2.24) is 0 Å². The van der Waals surface area contributed by atoms with Crippen molar-refractivity contribution in [2.75, 3.05) is 13.2 Å². The van der Waals surface area contributed by atoms with Gasteiger partial charge in [-0.1, -0.05) is 290 Å². The van der Waals surface area contributed by atoms with Gasteiger partial charge in [-0.05, 0) is 128 Å². The van der Waals surface area contributed by atoms with Crippen LogP contribution in [0.4, 0.5) is 0 Å². The van der Waals surface area contributed by atoms with E-state index in [4.69, 9.17) is 14.2 Å². The lowest BCUT2D eigenvalue weighted by atomic mass is 10.0. The maximum Gasteiger partial charge on any atom is 0.306 e. The molecule has 0 fully saturated rings. The molecular weight excluding hydrogens is 997 g/mol. The molecule has 0 saturated carbocycles. The van der Waals surface area contributed by atoms with Crippen LogP contribution in [0.15, 0.2) is 122 Å². The molecule has 0 aromatic heterocycles. The van der Waals surface area contributed by atoms with E-state index in [0.717, 1.165) is 154 Å². The van der Waals surface area contributed by atoms with E-state index in [2.05, 4.69) is 142 Å². The lowest BCUT2D eigenvalue weighted by Crippen LogP contribution is -2.30. The van der Waals surface area contributed by atoms with Gasteiger partial charge in [-0.25, -0.2) is 0 Å². The Morgan fingerprint density at radius 3 is 0.802 bits per heavy atom. The first kappa shape index (κ1) is 76.8. The third-order valence-corrected chi connectivity index (χ3v) is 14.4. The van der Waals surface area contributed by atoms with Gasteiger partial charge in [-0.3, -0.25) is 14.4 Å². The molecule has 0 spiro atoms. The second-order valence-electron chi connectivity index (χ2n) is 22.3. The second-order valence-corrected chi connectivity index (χ2v) is 22.3. The highest BCUT2D eigenvalue weighted by Gasteiger charge is 2.19. The summed E-state index contributed by atoms with van der Waals surface area (Å²) in [7, 11) is 0. The van der Waals surface area contributed by atoms with Crippen LogP contribution in [0.3, 0.4) is 0 Å². The molecule has 0 aromatic rings. The molecule has 0 bridgehead atoms. The minimum Gasteiger partial charge on any atom is -0.462 e. The van der Waals surface area contributed by atoms with Crippen molar-refractivity contribution in [1.29, 1.82) is 0 Å². The molecule has 462 valence electrons. The molecule has 81 heavy (non-hydrogen) atoms. The summed E-state index contributed by atoms with van der Waals surface area (Å²) in [6, 6.07) is 0. The first-order valence-corrected chi connectivity index (χ1v) is 34.0. The van der Waals surface area contributed by atoms with Gasteiger partial charge in [0.25, 0.3) is 0 Å². The maximum atomic E-state index is 12.9. The third-order valence-electron chi connectivity index (χ3n) is 14.4. The Hall–Kier alpha value is -4.19. The van der Waals surface area contributed by atoms with Crippen LogP contribution in [0.1, 0.15) is 316 Å². The van der Waals surface area contributed by atoms with E-state index in [1.807, 2.05) is 0 Å². The Morgan fingerprint density at radius 2 is 0.506 bits per heavy atom. The molecule has 0 saturated heterocycles. The van der Waals surface area contributed by atoms with E-state index >= 15 is 0 Å². The molecule has 0 aliphatic carbocycles. The zero-order chi connectivity index (χ0) is 58.5. The van der Waals surface area contributed by atoms with Crippen LogP contribution >= 0.6 is 0 Å². The molecule has 0 aliphatic heterocycles. The van der Waals surface area contributed by atoms with Crippen molar-refractivity contribution in [3.8, 4) is 0 Å². The number of unbranched alkanes of at least 4 members (excludes halogenated alkanes) is 30. The van der Waals surface area contributed by atoms with Crippen LogP contribution in [0, 0.1) is 0 Å². The standard InChI is InChI=1S/C75H126O6/c1-4-7-10-13-16-19-22-25-27-28-29-30-31-32-33-34-35-36-37-38-39-40-41-42-43-44-45-46-48-50-53-56-59-62-65-68-74(77)80-71-72(70-79-73(76)67-64-61-58-55-52-49-24-21-18-15-12-9-6-3)81-75(78)69-66-63-60-57-54-51-47-26-23-20-17-14-11-8-5-2/h7,10,12,15-17,19-21,24-27,29-30,32-33,35-36,47,72H,4-6,8-9,11,13-14,18,22-23,28,31,34,37-46,48-71H2,1-3H3/b10-7-,15-12-,19-16-,20-17-,24-21-,27-25-,30-29-,33-32-,36-35-,47-26-. The van der Waals surface area contributed by atoms with E-state index in [0.29, 0.717) is 19.3 Å². The first-order valence-electron chi connectivity index (χ1n) is 34.0. The van der Waals surface area contributed by atoms with Crippen LogP contribution in [0.5, 0.6) is 0 Å². The molecular formula is C75H126O6. The van der Waals surface area contributed by atoms with E-state index in [-0.39, 0.29) is 31.1 Å². The lowest BCUT2D eigenvalue weighted by molar-refractivity contribution is -0.167. The van der Waals surface area contributed by atoms with Gasteiger partial charge in [-0.2, -0.15) is 0 Å². The normalized spacial score (nSPS) is 12.9. The fraction of sp³-hybridized carbons (Fsp3) is 0.693. The quantitative estimate of drug-likeness (QED) is 0.0261. The number of hydrogen-bond donors (Lipinski definition) is 0. The summed E-state index contributed by atoms with van der Waals surface area (Å²) in [5, 5.41) is 0. The largest absolute Gasteiger partial charge is 0.462 e. The molecule has 0 heterocycles. The summed E-state index contributed by atoms with van der Waals surface area (Å²) in [5.74, 6) is -0.908. The Labute approximate surface area is 501 Å². The number of rotatable bonds is 61. The Morgan fingerprint density at radius 1 is 0.259 bits per heavy atom. The summed E-state index contributed by atoms with van der Waals surface area (Å²) >= 11 is 0. The average Bonchev–Trinajstić information content (AvgIpc) is 3.46. The molecule has 0 rings (SSSR count). The Kier molecular flexibility index (Phi) is 64.8. The number of allylic oxidation sites excluding steroid dienone is 20. The maximum absolute atomic E-state index is 12.9. The molecule has 6 heteroatoms. The van der Waals surface area contributed by atoms with Gasteiger partial charge in [0.05, 0.1) is 0 Å². The van der Waals surface area contributed by atoms with E-state index in [9.17, 15) is 14.4 Å². The average molecular weight is 1120 g/mol. The zero-order valence-corrected chi connectivity index (χ0v) is 53.0.